The minimum Gasteiger partial charge on any atom is -0.438 e. The summed E-state index contributed by atoms with van der Waals surface area (Å²) in [6.45, 7) is 6.43. The lowest BCUT2D eigenvalue weighted by Crippen LogP contribution is -2.47. The number of ether oxygens (including phenoxy) is 1. The van der Waals surface area contributed by atoms with Gasteiger partial charge in [-0.05, 0) is 67.3 Å². The van der Waals surface area contributed by atoms with Crippen LogP contribution in [0.1, 0.15) is 43.1 Å². The van der Waals surface area contributed by atoms with E-state index in [4.69, 9.17) is 4.74 Å². The molecule has 0 saturated carbocycles. The van der Waals surface area contributed by atoms with Crippen LogP contribution in [0.5, 0.6) is 0 Å². The van der Waals surface area contributed by atoms with Gasteiger partial charge < -0.3 is 9.64 Å². The summed E-state index contributed by atoms with van der Waals surface area (Å²) >= 11 is 0. The fourth-order valence-corrected chi connectivity index (χ4v) is 3.94. The third-order valence-electron chi connectivity index (χ3n) is 5.92. The lowest BCUT2D eigenvalue weighted by Gasteiger charge is -2.41. The third-order valence-corrected chi connectivity index (χ3v) is 5.92. The molecular weight excluding hydrogens is 379 g/mol. The summed E-state index contributed by atoms with van der Waals surface area (Å²) in [6.07, 6.45) is 2.10. The van der Waals surface area contributed by atoms with Crippen molar-refractivity contribution in [3.05, 3.63) is 89.5 Å². The second-order valence-electron chi connectivity index (χ2n) is 8.03. The first kappa shape index (κ1) is 20.1. The zero-order valence-corrected chi connectivity index (χ0v) is 17.4. The molecule has 1 aliphatic rings. The van der Waals surface area contributed by atoms with Crippen molar-refractivity contribution in [1.82, 2.24) is 9.88 Å². The van der Waals surface area contributed by atoms with Crippen LogP contribution < -0.4 is 0 Å². The zero-order valence-electron chi connectivity index (χ0n) is 17.4. The lowest BCUT2D eigenvalue weighted by atomic mass is 9.90. The Kier molecular flexibility index (Phi) is 5.29. The number of hydrogen-bond acceptors (Lipinski definition) is 3. The number of aromatic nitrogens is 1. The van der Waals surface area contributed by atoms with Crippen LogP contribution in [0.2, 0.25) is 0 Å². The Bertz CT molecular complexity index is 1050. The number of pyridine rings is 1. The van der Waals surface area contributed by atoms with Crippen molar-refractivity contribution >= 4 is 6.09 Å². The minimum atomic E-state index is -0.746. The van der Waals surface area contributed by atoms with Crippen LogP contribution in [-0.2, 0) is 10.3 Å². The van der Waals surface area contributed by atoms with Gasteiger partial charge in [0.05, 0.1) is 6.04 Å². The van der Waals surface area contributed by atoms with Crippen molar-refractivity contribution in [2.45, 2.75) is 38.8 Å². The minimum absolute atomic E-state index is 0.108. The van der Waals surface area contributed by atoms with Gasteiger partial charge in [0.15, 0.2) is 0 Å². The first-order valence-corrected chi connectivity index (χ1v) is 10.1. The van der Waals surface area contributed by atoms with Gasteiger partial charge in [-0.1, -0.05) is 36.4 Å². The highest BCUT2D eigenvalue weighted by atomic mass is 19.1. The van der Waals surface area contributed by atoms with Crippen molar-refractivity contribution in [1.29, 1.82) is 0 Å². The van der Waals surface area contributed by atoms with E-state index in [1.54, 1.807) is 17.0 Å². The fourth-order valence-electron chi connectivity index (χ4n) is 3.94. The first-order valence-electron chi connectivity index (χ1n) is 10.1. The van der Waals surface area contributed by atoms with Crippen molar-refractivity contribution in [3.8, 4) is 11.1 Å². The monoisotopic (exact) mass is 404 g/mol. The topological polar surface area (TPSA) is 42.4 Å². The van der Waals surface area contributed by atoms with E-state index < -0.39 is 5.60 Å². The molecule has 2 unspecified atom stereocenters. The van der Waals surface area contributed by atoms with Gasteiger partial charge in [0, 0.05) is 24.9 Å². The molecule has 0 bridgehead atoms. The number of aryl methyl sites for hydroxylation is 1. The second kappa shape index (κ2) is 7.90. The fraction of sp³-hybridized carbons (Fsp3) is 0.280. The number of nitrogens with zero attached hydrogens (tertiary/aromatic N) is 2. The van der Waals surface area contributed by atoms with Crippen molar-refractivity contribution in [2.24, 2.45) is 0 Å². The van der Waals surface area contributed by atoms with Crippen LogP contribution in [-0.4, -0.2) is 22.5 Å². The van der Waals surface area contributed by atoms with Gasteiger partial charge in [-0.15, -0.1) is 0 Å². The van der Waals surface area contributed by atoms with Crippen molar-refractivity contribution in [2.75, 3.05) is 6.54 Å². The highest BCUT2D eigenvalue weighted by Crippen LogP contribution is 2.37. The lowest BCUT2D eigenvalue weighted by molar-refractivity contribution is -0.0491. The summed E-state index contributed by atoms with van der Waals surface area (Å²) < 4.78 is 19.1. The van der Waals surface area contributed by atoms with E-state index in [9.17, 15) is 9.18 Å². The van der Waals surface area contributed by atoms with Gasteiger partial charge in [0.1, 0.15) is 11.4 Å². The molecule has 1 aliphatic heterocycles. The van der Waals surface area contributed by atoms with Crippen molar-refractivity contribution in [3.63, 3.8) is 0 Å². The molecule has 0 aliphatic carbocycles. The molecule has 4 rings (SSSR count). The standard InChI is InChI=1S/C25H25FN2O2/c1-17-16-21(12-14-27-17)20-6-4-19(5-7-20)18(2)28-15-13-25(3,30-24(28)29)22-8-10-23(26)11-9-22/h4-12,14,16,18H,13,15H2,1-3H3. The van der Waals surface area contributed by atoms with Gasteiger partial charge in [-0.3, -0.25) is 4.98 Å². The normalized spacial score (nSPS) is 20.0. The molecule has 30 heavy (non-hydrogen) atoms. The zero-order chi connectivity index (χ0) is 21.3. The second-order valence-corrected chi connectivity index (χ2v) is 8.03. The smallest absolute Gasteiger partial charge is 0.411 e. The SMILES string of the molecule is Cc1cc(-c2ccc(C(C)N3CCC(C)(c4ccc(F)cc4)OC3=O)cc2)ccn1. The van der Waals surface area contributed by atoms with E-state index in [-0.39, 0.29) is 18.0 Å². The predicted octanol–water partition coefficient (Wildman–Crippen LogP) is 6.01. The Morgan fingerprint density at radius 1 is 1.07 bits per heavy atom. The molecular formula is C25H25FN2O2. The Labute approximate surface area is 176 Å². The van der Waals surface area contributed by atoms with Gasteiger partial charge in [0.2, 0.25) is 0 Å². The summed E-state index contributed by atoms with van der Waals surface area (Å²) in [7, 11) is 0. The Balaban J connectivity index is 1.48. The maximum Gasteiger partial charge on any atom is 0.411 e. The maximum atomic E-state index is 13.2. The largest absolute Gasteiger partial charge is 0.438 e. The maximum absolute atomic E-state index is 13.2. The third kappa shape index (κ3) is 3.92. The summed E-state index contributed by atoms with van der Waals surface area (Å²) in [6, 6.07) is 18.3. The molecule has 0 spiro atoms. The molecule has 2 atom stereocenters. The van der Waals surface area contributed by atoms with E-state index in [2.05, 4.69) is 35.3 Å². The van der Waals surface area contributed by atoms with Crippen LogP contribution in [0, 0.1) is 12.7 Å². The molecule has 154 valence electrons. The van der Waals surface area contributed by atoms with Gasteiger partial charge >= 0.3 is 6.09 Å². The molecule has 1 fully saturated rings. The van der Waals surface area contributed by atoms with Gasteiger partial charge in [-0.2, -0.15) is 0 Å². The van der Waals surface area contributed by atoms with E-state index in [1.165, 1.54) is 12.1 Å². The van der Waals surface area contributed by atoms with Crippen LogP contribution in [0.15, 0.2) is 66.9 Å². The summed E-state index contributed by atoms with van der Waals surface area (Å²) in [5.41, 5.74) is 4.32. The molecule has 4 nitrogen and oxygen atoms in total. The molecule has 0 N–H and O–H groups in total. The Hall–Kier alpha value is -3.21. The first-order chi connectivity index (χ1) is 14.4. The Morgan fingerprint density at radius 2 is 1.77 bits per heavy atom. The number of hydrogen-bond donors (Lipinski definition) is 0. The summed E-state index contributed by atoms with van der Waals surface area (Å²) in [4.78, 5) is 18.8. The molecule has 1 saturated heterocycles. The molecule has 2 aromatic carbocycles. The number of benzene rings is 2. The molecule has 0 radical (unpaired) electrons. The van der Waals surface area contributed by atoms with E-state index in [1.807, 2.05) is 33.0 Å². The number of amides is 1. The van der Waals surface area contributed by atoms with Crippen LogP contribution in [0.3, 0.4) is 0 Å². The van der Waals surface area contributed by atoms with Crippen molar-refractivity contribution < 1.29 is 13.9 Å². The summed E-state index contributed by atoms with van der Waals surface area (Å²) in [5.74, 6) is -0.301. The van der Waals surface area contributed by atoms with Gasteiger partial charge in [0.25, 0.3) is 0 Å². The highest BCUT2D eigenvalue weighted by molar-refractivity contribution is 5.70. The predicted molar refractivity (Wildman–Crippen MR) is 114 cm³/mol. The molecule has 1 aromatic heterocycles. The van der Waals surface area contributed by atoms with Gasteiger partial charge in [-0.25, -0.2) is 9.18 Å². The van der Waals surface area contributed by atoms with Crippen LogP contribution >= 0.6 is 0 Å². The molecule has 1 amide bonds. The van der Waals surface area contributed by atoms with E-state index >= 15 is 0 Å². The molecule has 5 heteroatoms. The molecule has 3 aromatic rings. The number of carbonyl (C=O) groups excluding carboxylic acids is 1. The van der Waals surface area contributed by atoms with Crippen LogP contribution in [0.25, 0.3) is 11.1 Å². The molecule has 2 heterocycles. The van der Waals surface area contributed by atoms with E-state index in [0.717, 1.165) is 27.9 Å². The number of halogens is 1. The average Bonchev–Trinajstić information content (AvgIpc) is 2.74. The summed E-state index contributed by atoms with van der Waals surface area (Å²) in [5, 5.41) is 0. The van der Waals surface area contributed by atoms with E-state index in [0.29, 0.717) is 13.0 Å². The number of carbonyl (C=O) groups is 1. The highest BCUT2D eigenvalue weighted by Gasteiger charge is 2.40. The quantitative estimate of drug-likeness (QED) is 0.534. The number of rotatable bonds is 4. The van der Waals surface area contributed by atoms with Crippen LogP contribution in [0.4, 0.5) is 9.18 Å². The Morgan fingerprint density at radius 3 is 2.40 bits per heavy atom. The average molecular weight is 404 g/mol. The number of cyclic esters (lactones) is 1.